The van der Waals surface area contributed by atoms with Crippen LogP contribution in [0, 0.1) is 5.92 Å². The van der Waals surface area contributed by atoms with Crippen molar-refractivity contribution in [3.05, 3.63) is 11.1 Å². The minimum Gasteiger partial charge on any atom is -0.379 e. The van der Waals surface area contributed by atoms with E-state index in [0.29, 0.717) is 12.5 Å². The molecule has 0 aliphatic carbocycles. The molecule has 144 valence electrons. The Morgan fingerprint density at radius 1 is 1.40 bits per heavy atom. The van der Waals surface area contributed by atoms with Crippen molar-refractivity contribution in [2.45, 2.75) is 13.5 Å². The van der Waals surface area contributed by atoms with Crippen LogP contribution in [0.3, 0.4) is 0 Å². The number of aliphatic imine (C=N–C) groups is 1. The Kier molecular flexibility index (Phi) is 10.6. The van der Waals surface area contributed by atoms with E-state index in [1.165, 1.54) is 0 Å². The van der Waals surface area contributed by atoms with Crippen molar-refractivity contribution in [1.29, 1.82) is 0 Å². The summed E-state index contributed by atoms with van der Waals surface area (Å²) in [5, 5.41) is 9.83. The van der Waals surface area contributed by atoms with Gasteiger partial charge in [-0.05, 0) is 5.92 Å². The van der Waals surface area contributed by atoms with E-state index in [1.54, 1.807) is 18.4 Å². The number of guanidine groups is 1. The predicted octanol–water partition coefficient (Wildman–Crippen LogP) is 1.46. The van der Waals surface area contributed by atoms with Gasteiger partial charge in [-0.2, -0.15) is 0 Å². The average molecular weight is 482 g/mol. The van der Waals surface area contributed by atoms with E-state index in [1.807, 2.05) is 19.0 Å². The number of hydrogen-bond donors (Lipinski definition) is 2. The van der Waals surface area contributed by atoms with Gasteiger partial charge in [0.05, 0.1) is 25.5 Å². The molecule has 1 atom stereocenters. The summed E-state index contributed by atoms with van der Waals surface area (Å²) in [6.45, 7) is 8.71. The second kappa shape index (κ2) is 11.9. The Morgan fingerprint density at radius 2 is 2.12 bits per heavy atom. The third kappa shape index (κ3) is 8.06. The largest absolute Gasteiger partial charge is 0.379 e. The number of nitrogens with zero attached hydrogens (tertiary/aromatic N) is 4. The first kappa shape index (κ1) is 22.4. The second-order valence-corrected chi connectivity index (χ2v) is 7.18. The van der Waals surface area contributed by atoms with Gasteiger partial charge in [0.15, 0.2) is 11.1 Å². The Hall–Kier alpha value is -0.650. The molecule has 2 N–H and O–H groups in total. The van der Waals surface area contributed by atoms with E-state index in [9.17, 15) is 0 Å². The van der Waals surface area contributed by atoms with Gasteiger partial charge in [0.2, 0.25) is 0 Å². The van der Waals surface area contributed by atoms with Crippen molar-refractivity contribution in [3.63, 3.8) is 0 Å². The molecule has 0 radical (unpaired) electrons. The van der Waals surface area contributed by atoms with Crippen LogP contribution in [-0.4, -0.2) is 76.4 Å². The topological polar surface area (TPSA) is 65.0 Å². The lowest BCUT2D eigenvalue weighted by molar-refractivity contribution is 0.0320. The summed E-state index contributed by atoms with van der Waals surface area (Å²) in [6.07, 6.45) is 0. The summed E-state index contributed by atoms with van der Waals surface area (Å²) in [5.74, 6) is 1.38. The molecule has 0 aromatic carbocycles. The van der Waals surface area contributed by atoms with Crippen LogP contribution in [0.15, 0.2) is 10.4 Å². The summed E-state index contributed by atoms with van der Waals surface area (Å²) >= 11 is 1.65. The predicted molar refractivity (Wildman–Crippen MR) is 116 cm³/mol. The summed E-state index contributed by atoms with van der Waals surface area (Å²) in [5.41, 5.74) is 1.04. The number of anilines is 1. The van der Waals surface area contributed by atoms with Gasteiger partial charge in [0.1, 0.15) is 0 Å². The first-order valence-electron chi connectivity index (χ1n) is 8.45. The number of aromatic nitrogens is 1. The van der Waals surface area contributed by atoms with Crippen LogP contribution in [0.25, 0.3) is 0 Å². The van der Waals surface area contributed by atoms with Crippen LogP contribution in [0.2, 0.25) is 0 Å². The van der Waals surface area contributed by atoms with Gasteiger partial charge in [0.25, 0.3) is 0 Å². The fourth-order valence-corrected chi connectivity index (χ4v) is 3.30. The smallest absolute Gasteiger partial charge is 0.191 e. The van der Waals surface area contributed by atoms with Crippen LogP contribution in [0.4, 0.5) is 5.13 Å². The van der Waals surface area contributed by atoms with E-state index < -0.39 is 0 Å². The van der Waals surface area contributed by atoms with Crippen LogP contribution in [-0.2, 0) is 11.3 Å². The van der Waals surface area contributed by atoms with E-state index in [0.717, 1.165) is 56.2 Å². The van der Waals surface area contributed by atoms with Crippen molar-refractivity contribution in [2.75, 3.05) is 65.4 Å². The molecule has 2 rings (SSSR count). The lowest BCUT2D eigenvalue weighted by atomic mass is 10.1. The van der Waals surface area contributed by atoms with Gasteiger partial charge < -0.3 is 20.3 Å². The number of halogens is 1. The normalized spacial score (nSPS) is 16.9. The SMILES string of the molecule is CN=C(NCc1csc(N(C)C)n1)NCC(C)CN1CCOCC1.I. The molecule has 9 heteroatoms. The Balaban J connectivity index is 0.00000312. The molecule has 0 spiro atoms. The van der Waals surface area contributed by atoms with Crippen LogP contribution in [0.5, 0.6) is 0 Å². The van der Waals surface area contributed by atoms with Gasteiger partial charge in [-0.25, -0.2) is 4.98 Å². The van der Waals surface area contributed by atoms with E-state index >= 15 is 0 Å². The number of nitrogens with one attached hydrogen (secondary N) is 2. The molecular formula is C16H31IN6OS. The maximum Gasteiger partial charge on any atom is 0.191 e. The maximum absolute atomic E-state index is 5.39. The highest BCUT2D eigenvalue weighted by Crippen LogP contribution is 2.17. The van der Waals surface area contributed by atoms with Crippen molar-refractivity contribution < 1.29 is 4.74 Å². The molecule has 1 saturated heterocycles. The Bertz CT molecular complexity index is 518. The first-order valence-corrected chi connectivity index (χ1v) is 9.32. The number of rotatable bonds is 7. The monoisotopic (exact) mass is 482 g/mol. The summed E-state index contributed by atoms with van der Waals surface area (Å²) in [4.78, 5) is 13.3. The molecule has 2 heterocycles. The molecule has 0 bridgehead atoms. The standard InChI is InChI=1S/C16H30N6OS.HI/c1-13(11-22-5-7-23-8-6-22)9-18-15(17-2)19-10-14-12-24-16(20-14)21(3)4;/h12-13H,5-11H2,1-4H3,(H2,17,18,19);1H. The highest BCUT2D eigenvalue weighted by atomic mass is 127. The highest BCUT2D eigenvalue weighted by molar-refractivity contribution is 14.0. The van der Waals surface area contributed by atoms with Gasteiger partial charge in [-0.15, -0.1) is 35.3 Å². The molecule has 1 aliphatic heterocycles. The molecule has 1 aliphatic rings. The van der Waals surface area contributed by atoms with Crippen LogP contribution >= 0.6 is 35.3 Å². The van der Waals surface area contributed by atoms with Gasteiger partial charge in [-0.3, -0.25) is 9.89 Å². The third-order valence-electron chi connectivity index (χ3n) is 3.87. The third-order valence-corrected chi connectivity index (χ3v) is 4.93. The Morgan fingerprint density at radius 3 is 2.72 bits per heavy atom. The molecule has 7 nitrogen and oxygen atoms in total. The zero-order valence-electron chi connectivity index (χ0n) is 15.6. The fourth-order valence-electron chi connectivity index (χ4n) is 2.54. The zero-order chi connectivity index (χ0) is 17.4. The van der Waals surface area contributed by atoms with Gasteiger partial charge in [0, 0.05) is 52.7 Å². The quantitative estimate of drug-likeness (QED) is 0.349. The molecule has 1 fully saturated rings. The molecule has 1 unspecified atom stereocenters. The average Bonchev–Trinajstić information content (AvgIpc) is 3.05. The van der Waals surface area contributed by atoms with Crippen molar-refractivity contribution in [3.8, 4) is 0 Å². The van der Waals surface area contributed by atoms with E-state index in [4.69, 9.17) is 4.74 Å². The molecule has 25 heavy (non-hydrogen) atoms. The minimum absolute atomic E-state index is 0. The lowest BCUT2D eigenvalue weighted by Gasteiger charge is -2.29. The zero-order valence-corrected chi connectivity index (χ0v) is 18.8. The number of thiazole rings is 1. The molecule has 1 aromatic rings. The number of ether oxygens (including phenoxy) is 1. The molecule has 1 aromatic heterocycles. The molecule has 0 amide bonds. The summed E-state index contributed by atoms with van der Waals surface area (Å²) in [7, 11) is 5.81. The Labute approximate surface area is 172 Å². The lowest BCUT2D eigenvalue weighted by Crippen LogP contribution is -2.43. The van der Waals surface area contributed by atoms with Gasteiger partial charge >= 0.3 is 0 Å². The fraction of sp³-hybridized carbons (Fsp3) is 0.750. The molecule has 0 saturated carbocycles. The van der Waals surface area contributed by atoms with Crippen LogP contribution < -0.4 is 15.5 Å². The first-order chi connectivity index (χ1) is 11.6. The van der Waals surface area contributed by atoms with Crippen molar-refractivity contribution in [2.24, 2.45) is 10.9 Å². The minimum atomic E-state index is 0. The molecular weight excluding hydrogens is 451 g/mol. The number of morpholine rings is 1. The summed E-state index contributed by atoms with van der Waals surface area (Å²) < 4.78 is 5.39. The van der Waals surface area contributed by atoms with Gasteiger partial charge in [-0.1, -0.05) is 6.92 Å². The van der Waals surface area contributed by atoms with E-state index in [-0.39, 0.29) is 24.0 Å². The highest BCUT2D eigenvalue weighted by Gasteiger charge is 2.14. The number of hydrogen-bond acceptors (Lipinski definition) is 6. The van der Waals surface area contributed by atoms with Crippen molar-refractivity contribution >= 4 is 46.4 Å². The van der Waals surface area contributed by atoms with Crippen LogP contribution in [0.1, 0.15) is 12.6 Å². The van der Waals surface area contributed by atoms with E-state index in [2.05, 4.69) is 37.8 Å². The second-order valence-electron chi connectivity index (χ2n) is 6.34. The van der Waals surface area contributed by atoms with Crippen molar-refractivity contribution in [1.82, 2.24) is 20.5 Å². The maximum atomic E-state index is 5.39. The summed E-state index contributed by atoms with van der Waals surface area (Å²) in [6, 6.07) is 0.